The summed E-state index contributed by atoms with van der Waals surface area (Å²) in [5.74, 6) is -2.05. The van der Waals surface area contributed by atoms with Gasteiger partial charge in [0.2, 0.25) is 5.92 Å². The van der Waals surface area contributed by atoms with Crippen molar-refractivity contribution in [3.63, 3.8) is 0 Å². The monoisotopic (exact) mass is 232 g/mol. The molecule has 2 rings (SSSR count). The Kier molecular flexibility index (Phi) is 2.91. The van der Waals surface area contributed by atoms with Gasteiger partial charge in [0.1, 0.15) is 0 Å². The molecule has 5 heteroatoms. The molecule has 84 valence electrons. The molecule has 0 bridgehead atoms. The fraction of sp³-hybridized carbons (Fsp3) is 0.700. The highest BCUT2D eigenvalue weighted by Crippen LogP contribution is 2.37. The lowest BCUT2D eigenvalue weighted by Crippen LogP contribution is -2.25. The van der Waals surface area contributed by atoms with E-state index in [0.717, 1.165) is 11.3 Å². The molecule has 0 unspecified atom stereocenters. The van der Waals surface area contributed by atoms with Gasteiger partial charge in [-0.15, -0.1) is 11.3 Å². The highest BCUT2D eigenvalue weighted by atomic mass is 32.1. The van der Waals surface area contributed by atoms with E-state index < -0.39 is 5.92 Å². The van der Waals surface area contributed by atoms with E-state index in [1.807, 2.05) is 0 Å². The SMILES string of the molecule is Nc1ncc(CC2CCC(F)(F)CC2)s1. The van der Waals surface area contributed by atoms with Crippen LogP contribution in [0.4, 0.5) is 13.9 Å². The summed E-state index contributed by atoms with van der Waals surface area (Å²) in [5.41, 5.74) is 5.51. The highest BCUT2D eigenvalue weighted by Gasteiger charge is 2.34. The predicted octanol–water partition coefficient (Wildman–Crippen LogP) is 3.09. The Hall–Kier alpha value is -0.710. The number of aromatic nitrogens is 1. The number of thiazole rings is 1. The van der Waals surface area contributed by atoms with Gasteiger partial charge in [0.15, 0.2) is 5.13 Å². The maximum Gasteiger partial charge on any atom is 0.248 e. The topological polar surface area (TPSA) is 38.9 Å². The van der Waals surface area contributed by atoms with Crippen molar-refractivity contribution in [2.75, 3.05) is 5.73 Å². The van der Waals surface area contributed by atoms with Crippen molar-refractivity contribution in [2.45, 2.75) is 38.0 Å². The minimum absolute atomic E-state index is 0.0337. The molecular weight excluding hydrogens is 218 g/mol. The summed E-state index contributed by atoms with van der Waals surface area (Å²) in [4.78, 5) is 5.07. The number of halogens is 2. The summed E-state index contributed by atoms with van der Waals surface area (Å²) in [6.07, 6.45) is 3.91. The number of nitrogens with zero attached hydrogens (tertiary/aromatic N) is 1. The Bertz CT molecular complexity index is 328. The van der Waals surface area contributed by atoms with Crippen molar-refractivity contribution in [3.05, 3.63) is 11.1 Å². The molecule has 2 nitrogen and oxygen atoms in total. The average Bonchev–Trinajstić information content (AvgIpc) is 2.55. The fourth-order valence-electron chi connectivity index (χ4n) is 2.01. The molecule has 1 fully saturated rings. The first kappa shape index (κ1) is 10.8. The van der Waals surface area contributed by atoms with E-state index >= 15 is 0 Å². The molecular formula is C10H14F2N2S. The maximum atomic E-state index is 12.9. The van der Waals surface area contributed by atoms with Crippen LogP contribution in [0.15, 0.2) is 6.20 Å². The first-order chi connectivity index (χ1) is 7.05. The summed E-state index contributed by atoms with van der Waals surface area (Å²) in [6, 6.07) is 0. The minimum Gasteiger partial charge on any atom is -0.375 e. The number of nitrogens with two attached hydrogens (primary N) is 1. The molecule has 2 N–H and O–H groups in total. The lowest BCUT2D eigenvalue weighted by Gasteiger charge is -2.27. The second-order valence-corrected chi connectivity index (χ2v) is 5.32. The van der Waals surface area contributed by atoms with Crippen molar-refractivity contribution in [1.29, 1.82) is 0 Å². The van der Waals surface area contributed by atoms with Gasteiger partial charge < -0.3 is 5.73 Å². The number of hydrogen-bond donors (Lipinski definition) is 1. The van der Waals surface area contributed by atoms with Crippen molar-refractivity contribution >= 4 is 16.5 Å². The van der Waals surface area contributed by atoms with Crippen LogP contribution in [-0.4, -0.2) is 10.9 Å². The molecule has 1 aromatic rings. The molecule has 1 saturated carbocycles. The Balaban J connectivity index is 1.87. The molecule has 1 aliphatic rings. The summed E-state index contributed by atoms with van der Waals surface area (Å²) >= 11 is 1.46. The van der Waals surface area contributed by atoms with Crippen LogP contribution in [0.2, 0.25) is 0 Å². The maximum absolute atomic E-state index is 12.9. The Morgan fingerprint density at radius 3 is 2.67 bits per heavy atom. The molecule has 0 atom stereocenters. The van der Waals surface area contributed by atoms with Crippen LogP contribution in [0.3, 0.4) is 0 Å². The molecule has 0 radical (unpaired) electrons. The smallest absolute Gasteiger partial charge is 0.248 e. The lowest BCUT2D eigenvalue weighted by molar-refractivity contribution is -0.0455. The molecule has 1 aliphatic carbocycles. The lowest BCUT2D eigenvalue weighted by atomic mass is 9.84. The summed E-state index contributed by atoms with van der Waals surface area (Å²) in [5, 5.41) is 0.561. The van der Waals surface area contributed by atoms with E-state index in [1.54, 1.807) is 6.20 Å². The second-order valence-electron chi connectivity index (χ2n) is 4.17. The highest BCUT2D eigenvalue weighted by molar-refractivity contribution is 7.15. The van der Waals surface area contributed by atoms with Gasteiger partial charge in [0.25, 0.3) is 0 Å². The van der Waals surface area contributed by atoms with Gasteiger partial charge >= 0.3 is 0 Å². The summed E-state index contributed by atoms with van der Waals surface area (Å²) < 4.78 is 25.8. The van der Waals surface area contributed by atoms with Crippen LogP contribution in [0.25, 0.3) is 0 Å². The number of anilines is 1. The van der Waals surface area contributed by atoms with Gasteiger partial charge in [-0.3, -0.25) is 0 Å². The van der Waals surface area contributed by atoms with Gasteiger partial charge in [-0.1, -0.05) is 0 Å². The third-order valence-corrected chi connectivity index (χ3v) is 3.75. The van der Waals surface area contributed by atoms with Crippen LogP contribution < -0.4 is 5.73 Å². The van der Waals surface area contributed by atoms with Gasteiger partial charge in [-0.05, 0) is 25.2 Å². The third kappa shape index (κ3) is 2.87. The average molecular weight is 232 g/mol. The normalized spacial score (nSPS) is 21.7. The fourth-order valence-corrected chi connectivity index (χ4v) is 2.80. The Labute approximate surface area is 91.5 Å². The van der Waals surface area contributed by atoms with Crippen molar-refractivity contribution in [2.24, 2.45) is 5.92 Å². The van der Waals surface area contributed by atoms with Crippen LogP contribution in [-0.2, 0) is 6.42 Å². The zero-order valence-corrected chi connectivity index (χ0v) is 9.20. The van der Waals surface area contributed by atoms with Gasteiger partial charge in [-0.2, -0.15) is 0 Å². The number of hydrogen-bond acceptors (Lipinski definition) is 3. The van der Waals surface area contributed by atoms with E-state index in [9.17, 15) is 8.78 Å². The van der Waals surface area contributed by atoms with Gasteiger partial charge in [0, 0.05) is 23.9 Å². The zero-order chi connectivity index (χ0) is 10.9. The van der Waals surface area contributed by atoms with Crippen LogP contribution in [0.5, 0.6) is 0 Å². The molecule has 1 aromatic heterocycles. The van der Waals surface area contributed by atoms with E-state index in [2.05, 4.69) is 4.98 Å². The predicted molar refractivity (Wildman–Crippen MR) is 57.1 cm³/mol. The third-order valence-electron chi connectivity index (χ3n) is 2.90. The molecule has 0 aliphatic heterocycles. The molecule has 0 aromatic carbocycles. The quantitative estimate of drug-likeness (QED) is 0.851. The first-order valence-electron chi connectivity index (χ1n) is 5.13. The standard InChI is InChI=1S/C10H14F2N2S/c11-10(12)3-1-7(2-4-10)5-8-6-14-9(13)15-8/h6-7H,1-5H2,(H2,13,14). The van der Waals surface area contributed by atoms with E-state index in [0.29, 0.717) is 23.9 Å². The van der Waals surface area contributed by atoms with Crippen LogP contribution >= 0.6 is 11.3 Å². The van der Waals surface area contributed by atoms with E-state index in [1.165, 1.54) is 11.3 Å². The van der Waals surface area contributed by atoms with Crippen LogP contribution in [0.1, 0.15) is 30.6 Å². The van der Waals surface area contributed by atoms with Crippen molar-refractivity contribution < 1.29 is 8.78 Å². The molecule has 15 heavy (non-hydrogen) atoms. The summed E-state index contributed by atoms with van der Waals surface area (Å²) in [7, 11) is 0. The Morgan fingerprint density at radius 1 is 1.47 bits per heavy atom. The van der Waals surface area contributed by atoms with E-state index in [-0.39, 0.29) is 12.8 Å². The molecule has 0 amide bonds. The number of alkyl halides is 2. The van der Waals surface area contributed by atoms with Crippen molar-refractivity contribution in [3.8, 4) is 0 Å². The van der Waals surface area contributed by atoms with Crippen molar-refractivity contribution in [1.82, 2.24) is 4.98 Å². The van der Waals surface area contributed by atoms with Crippen LogP contribution in [0, 0.1) is 5.92 Å². The summed E-state index contributed by atoms with van der Waals surface area (Å²) in [6.45, 7) is 0. The molecule has 0 saturated heterocycles. The largest absolute Gasteiger partial charge is 0.375 e. The minimum atomic E-state index is -2.43. The van der Waals surface area contributed by atoms with E-state index in [4.69, 9.17) is 5.73 Å². The number of rotatable bonds is 2. The second kappa shape index (κ2) is 4.04. The van der Waals surface area contributed by atoms with Gasteiger partial charge in [0.05, 0.1) is 0 Å². The Morgan fingerprint density at radius 2 is 2.13 bits per heavy atom. The van der Waals surface area contributed by atoms with Gasteiger partial charge in [-0.25, -0.2) is 13.8 Å². The first-order valence-corrected chi connectivity index (χ1v) is 5.95. The zero-order valence-electron chi connectivity index (χ0n) is 8.38. The molecule has 0 spiro atoms. The number of nitrogen functional groups attached to an aromatic ring is 1. The molecule has 1 heterocycles.